The molecular weight excluding hydrogens is 526 g/mol. The first-order chi connectivity index (χ1) is 18.5. The lowest BCUT2D eigenvalue weighted by Crippen LogP contribution is -2.59. The molecule has 5 unspecified atom stereocenters. The van der Waals surface area contributed by atoms with E-state index < -0.39 is 60.2 Å². The van der Waals surface area contributed by atoms with E-state index in [1.54, 1.807) is 19.2 Å². The Morgan fingerprint density at radius 3 is 2.28 bits per heavy atom. The molecule has 2 aromatic rings. The van der Waals surface area contributed by atoms with Crippen LogP contribution in [0.15, 0.2) is 30.5 Å². The van der Waals surface area contributed by atoms with Crippen LogP contribution in [0.25, 0.3) is 10.9 Å². The lowest BCUT2D eigenvalue weighted by molar-refractivity contribution is -0.143. The Hall–Kier alpha value is -3.58. The molecule has 0 aliphatic rings. The highest BCUT2D eigenvalue weighted by Gasteiger charge is 2.33. The molecule has 5 atom stereocenters. The summed E-state index contributed by atoms with van der Waals surface area (Å²) in [5.74, 6) is -4.67. The number of hydrogen-bond acceptors (Lipinski definition) is 7. The molecule has 214 valence electrons. The molecule has 0 spiro atoms. The number of amides is 3. The Labute approximate surface area is 230 Å². The number of carboxylic acids is 2. The van der Waals surface area contributed by atoms with E-state index >= 15 is 0 Å². The van der Waals surface area contributed by atoms with Gasteiger partial charge in [0.25, 0.3) is 0 Å². The van der Waals surface area contributed by atoms with Gasteiger partial charge >= 0.3 is 11.9 Å². The summed E-state index contributed by atoms with van der Waals surface area (Å²) >= 11 is 1.53. The standard InChI is InChI=1S/C26H37N5O7S/c1-4-14(2)22(31-23(34)17(27)9-10-39-3)25(36)29-19(12-21(32)33)24(35)30-20(26(37)38)11-15-13-28-18-8-6-5-7-16(15)18/h5-8,13-14,17,19-20,22,28H,4,9-12,27H2,1-3H3,(H,29,36)(H,30,35)(H,31,34)(H,32,33)(H,37,38). The molecular formula is C26H37N5O7S. The first kappa shape index (κ1) is 31.6. The molecule has 8 N–H and O–H groups in total. The molecule has 0 aliphatic heterocycles. The zero-order valence-corrected chi connectivity index (χ0v) is 23.0. The van der Waals surface area contributed by atoms with Crippen LogP contribution in [0.1, 0.15) is 38.7 Å². The van der Waals surface area contributed by atoms with Crippen molar-refractivity contribution in [3.63, 3.8) is 0 Å². The van der Waals surface area contributed by atoms with Crippen LogP contribution in [-0.2, 0) is 30.4 Å². The van der Waals surface area contributed by atoms with Gasteiger partial charge in [0.2, 0.25) is 17.7 Å². The second-order valence-electron chi connectivity index (χ2n) is 9.38. The predicted octanol–water partition coefficient (Wildman–Crippen LogP) is 0.851. The summed E-state index contributed by atoms with van der Waals surface area (Å²) in [5.41, 5.74) is 7.37. The van der Waals surface area contributed by atoms with E-state index in [-0.39, 0.29) is 12.3 Å². The third-order valence-corrected chi connectivity index (χ3v) is 7.13. The fourth-order valence-corrected chi connectivity index (χ4v) is 4.47. The molecule has 3 amide bonds. The molecule has 0 radical (unpaired) electrons. The Bertz CT molecular complexity index is 1170. The van der Waals surface area contributed by atoms with E-state index in [0.29, 0.717) is 24.2 Å². The summed E-state index contributed by atoms with van der Waals surface area (Å²) in [5, 5.41) is 27.3. The zero-order chi connectivity index (χ0) is 29.1. The number of aromatic amines is 1. The molecule has 1 aromatic carbocycles. The van der Waals surface area contributed by atoms with Crippen molar-refractivity contribution < 1.29 is 34.2 Å². The number of carboxylic acid groups (broad SMARTS) is 2. The van der Waals surface area contributed by atoms with E-state index in [0.717, 1.165) is 10.9 Å². The number of nitrogens with one attached hydrogen (secondary N) is 4. The lowest BCUT2D eigenvalue weighted by Gasteiger charge is -2.27. The van der Waals surface area contributed by atoms with E-state index in [9.17, 15) is 34.2 Å². The lowest BCUT2D eigenvalue weighted by atomic mass is 9.97. The van der Waals surface area contributed by atoms with Crippen molar-refractivity contribution in [3.05, 3.63) is 36.0 Å². The number of thioether (sulfide) groups is 1. The Balaban J connectivity index is 2.18. The van der Waals surface area contributed by atoms with Crippen LogP contribution in [0.3, 0.4) is 0 Å². The molecule has 0 fully saturated rings. The van der Waals surface area contributed by atoms with Crippen LogP contribution in [0, 0.1) is 5.92 Å². The van der Waals surface area contributed by atoms with Gasteiger partial charge in [-0.1, -0.05) is 38.5 Å². The van der Waals surface area contributed by atoms with Crippen molar-refractivity contribution in [2.45, 2.75) is 63.7 Å². The molecule has 1 aromatic heterocycles. The minimum Gasteiger partial charge on any atom is -0.481 e. The van der Waals surface area contributed by atoms with E-state index in [2.05, 4.69) is 20.9 Å². The summed E-state index contributed by atoms with van der Waals surface area (Å²) in [6.07, 6.45) is 3.57. The quantitative estimate of drug-likeness (QED) is 0.154. The highest BCUT2D eigenvalue weighted by Crippen LogP contribution is 2.19. The van der Waals surface area contributed by atoms with Gasteiger partial charge in [-0.2, -0.15) is 11.8 Å². The van der Waals surface area contributed by atoms with Crippen LogP contribution < -0.4 is 21.7 Å². The number of carbonyl (C=O) groups is 5. The number of hydrogen-bond donors (Lipinski definition) is 7. The number of aliphatic carboxylic acids is 2. The van der Waals surface area contributed by atoms with Gasteiger partial charge in [-0.3, -0.25) is 19.2 Å². The van der Waals surface area contributed by atoms with E-state index in [1.807, 2.05) is 31.4 Å². The summed E-state index contributed by atoms with van der Waals surface area (Å²) in [7, 11) is 0. The topological polar surface area (TPSA) is 204 Å². The average Bonchev–Trinajstić information content (AvgIpc) is 3.31. The van der Waals surface area contributed by atoms with Gasteiger partial charge in [-0.15, -0.1) is 0 Å². The summed E-state index contributed by atoms with van der Waals surface area (Å²) in [4.78, 5) is 65.3. The van der Waals surface area contributed by atoms with Crippen molar-refractivity contribution in [1.29, 1.82) is 0 Å². The normalized spacial score (nSPS) is 15.0. The fourth-order valence-electron chi connectivity index (χ4n) is 3.98. The van der Waals surface area contributed by atoms with Crippen LogP contribution in [0.2, 0.25) is 0 Å². The highest BCUT2D eigenvalue weighted by atomic mass is 32.2. The summed E-state index contributed by atoms with van der Waals surface area (Å²) in [6, 6.07) is 2.39. The second kappa shape index (κ2) is 15.1. The van der Waals surface area contributed by atoms with Crippen molar-refractivity contribution in [1.82, 2.24) is 20.9 Å². The van der Waals surface area contributed by atoms with Crippen LogP contribution >= 0.6 is 11.8 Å². The van der Waals surface area contributed by atoms with Crippen molar-refractivity contribution >= 4 is 52.3 Å². The van der Waals surface area contributed by atoms with Crippen molar-refractivity contribution in [2.24, 2.45) is 11.7 Å². The minimum atomic E-state index is -1.58. The number of rotatable bonds is 16. The average molecular weight is 564 g/mol. The van der Waals surface area contributed by atoms with Crippen LogP contribution in [0.5, 0.6) is 0 Å². The third kappa shape index (κ3) is 9.29. The maximum Gasteiger partial charge on any atom is 0.326 e. The molecule has 12 nitrogen and oxygen atoms in total. The summed E-state index contributed by atoms with van der Waals surface area (Å²) in [6.45, 7) is 3.54. The number of carbonyl (C=O) groups excluding carboxylic acids is 3. The largest absolute Gasteiger partial charge is 0.481 e. The molecule has 13 heteroatoms. The number of aromatic nitrogens is 1. The molecule has 2 rings (SSSR count). The van der Waals surface area contributed by atoms with Gasteiger partial charge in [0, 0.05) is 23.5 Å². The maximum atomic E-state index is 13.2. The number of H-pyrrole nitrogens is 1. The first-order valence-corrected chi connectivity index (χ1v) is 14.0. The fraction of sp³-hybridized carbons (Fsp3) is 0.500. The van der Waals surface area contributed by atoms with Gasteiger partial charge in [0.05, 0.1) is 12.5 Å². The zero-order valence-electron chi connectivity index (χ0n) is 22.2. The highest BCUT2D eigenvalue weighted by molar-refractivity contribution is 7.98. The van der Waals surface area contributed by atoms with Crippen LogP contribution in [-0.4, -0.2) is 81.0 Å². The number of nitrogens with two attached hydrogens (primary N) is 1. The van der Waals surface area contributed by atoms with E-state index in [4.69, 9.17) is 5.73 Å². The Kier molecular flexibility index (Phi) is 12.3. The minimum absolute atomic E-state index is 0.0711. The van der Waals surface area contributed by atoms with Gasteiger partial charge in [0.15, 0.2) is 0 Å². The number of fused-ring (bicyclic) bond motifs is 1. The SMILES string of the molecule is CCC(C)C(NC(=O)C(N)CCSC)C(=O)NC(CC(=O)O)C(=O)NC(Cc1c[nH]c2ccccc12)C(=O)O. The van der Waals surface area contributed by atoms with Crippen LogP contribution in [0.4, 0.5) is 0 Å². The smallest absolute Gasteiger partial charge is 0.326 e. The summed E-state index contributed by atoms with van der Waals surface area (Å²) < 4.78 is 0. The predicted molar refractivity (Wildman–Crippen MR) is 148 cm³/mol. The van der Waals surface area contributed by atoms with E-state index in [1.165, 1.54) is 11.8 Å². The Morgan fingerprint density at radius 2 is 1.67 bits per heavy atom. The van der Waals surface area contributed by atoms with Crippen molar-refractivity contribution in [3.8, 4) is 0 Å². The molecule has 0 saturated carbocycles. The Morgan fingerprint density at radius 1 is 1.00 bits per heavy atom. The third-order valence-electron chi connectivity index (χ3n) is 6.49. The second-order valence-corrected chi connectivity index (χ2v) is 10.4. The van der Waals surface area contributed by atoms with Gasteiger partial charge < -0.3 is 36.9 Å². The number of benzene rings is 1. The monoisotopic (exact) mass is 563 g/mol. The van der Waals surface area contributed by atoms with Gasteiger partial charge in [-0.25, -0.2) is 4.79 Å². The van der Waals surface area contributed by atoms with Crippen molar-refractivity contribution in [2.75, 3.05) is 12.0 Å². The maximum absolute atomic E-state index is 13.2. The molecule has 0 aliphatic carbocycles. The van der Waals surface area contributed by atoms with Gasteiger partial charge in [0.1, 0.15) is 18.1 Å². The molecule has 0 saturated heterocycles. The molecule has 0 bridgehead atoms. The van der Waals surface area contributed by atoms with Gasteiger partial charge in [-0.05, 0) is 36.0 Å². The molecule has 1 heterocycles. The molecule has 39 heavy (non-hydrogen) atoms. The number of para-hydroxylation sites is 1. The first-order valence-electron chi connectivity index (χ1n) is 12.6.